The standard InChI is InChI=1S/C32H58N4O6Si2/c1-29(31-15-9-10-16-31)33-19-23-35(21-13-27-43(37-3,38-4)39-5)25-26-36(22-14-28-44(40-6,41-7)42-8)24-20-34-30(2)32-17-11-12-18-32/h9-12,15-18,31-32H,13-14,19-28H2,1-8H3. The first-order chi connectivity index (χ1) is 21.3. The molecule has 0 saturated carbocycles. The molecule has 0 amide bonds. The summed E-state index contributed by atoms with van der Waals surface area (Å²) >= 11 is 0. The second-order valence-electron chi connectivity index (χ2n) is 11.1. The van der Waals surface area contributed by atoms with Crippen LogP contribution >= 0.6 is 0 Å². The molecule has 12 heteroatoms. The molecule has 0 unspecified atom stereocenters. The maximum Gasteiger partial charge on any atom is 0.500 e. The van der Waals surface area contributed by atoms with Crippen LogP contribution in [0.25, 0.3) is 0 Å². The quantitative estimate of drug-likeness (QED) is 0.105. The van der Waals surface area contributed by atoms with Crippen LogP contribution in [0.2, 0.25) is 12.1 Å². The maximum atomic E-state index is 5.67. The van der Waals surface area contributed by atoms with Crippen molar-refractivity contribution in [3.8, 4) is 0 Å². The van der Waals surface area contributed by atoms with Crippen LogP contribution in [0.4, 0.5) is 0 Å². The Bertz CT molecular complexity index is 877. The lowest BCUT2D eigenvalue weighted by Crippen LogP contribution is -2.44. The summed E-state index contributed by atoms with van der Waals surface area (Å²) in [5.74, 6) is 0.633. The second-order valence-corrected chi connectivity index (χ2v) is 17.3. The highest BCUT2D eigenvalue weighted by molar-refractivity contribution is 6.60. The minimum absolute atomic E-state index is 0.317. The smallest absolute Gasteiger partial charge is 0.377 e. The molecular formula is C32H58N4O6Si2. The van der Waals surface area contributed by atoms with Gasteiger partial charge in [0, 0.05) is 104 Å². The highest BCUT2D eigenvalue weighted by Crippen LogP contribution is 2.17. The van der Waals surface area contributed by atoms with Crippen molar-refractivity contribution in [3.63, 3.8) is 0 Å². The van der Waals surface area contributed by atoms with E-state index in [-0.39, 0.29) is 0 Å². The third-order valence-corrected chi connectivity index (χ3v) is 14.2. The minimum Gasteiger partial charge on any atom is -0.377 e. The molecule has 2 rings (SSSR count). The van der Waals surface area contributed by atoms with Crippen LogP contribution in [0.5, 0.6) is 0 Å². The first kappa shape index (κ1) is 38.6. The molecule has 0 saturated heterocycles. The van der Waals surface area contributed by atoms with E-state index >= 15 is 0 Å². The molecule has 0 N–H and O–H groups in total. The topological polar surface area (TPSA) is 86.6 Å². The van der Waals surface area contributed by atoms with Gasteiger partial charge in [-0.25, -0.2) is 0 Å². The van der Waals surface area contributed by atoms with E-state index in [9.17, 15) is 0 Å². The Morgan fingerprint density at radius 3 is 1.14 bits per heavy atom. The summed E-state index contributed by atoms with van der Waals surface area (Å²) in [7, 11) is 4.82. The summed E-state index contributed by atoms with van der Waals surface area (Å²) in [5, 5.41) is 0. The van der Waals surface area contributed by atoms with Crippen LogP contribution in [-0.2, 0) is 26.6 Å². The number of nitrogens with zero attached hydrogens (tertiary/aromatic N) is 4. The second kappa shape index (κ2) is 21.3. The molecule has 0 aliphatic heterocycles. The lowest BCUT2D eigenvalue weighted by molar-refractivity contribution is 0.119. The molecule has 250 valence electrons. The molecule has 0 bridgehead atoms. The molecular weight excluding hydrogens is 593 g/mol. The molecule has 0 aromatic carbocycles. The van der Waals surface area contributed by atoms with Gasteiger partial charge >= 0.3 is 17.6 Å². The fraction of sp³-hybridized carbons (Fsp3) is 0.688. The lowest BCUT2D eigenvalue weighted by Gasteiger charge is -2.30. The van der Waals surface area contributed by atoms with E-state index in [0.29, 0.717) is 11.8 Å². The Morgan fingerprint density at radius 2 is 0.841 bits per heavy atom. The molecule has 0 atom stereocenters. The van der Waals surface area contributed by atoms with Crippen LogP contribution in [-0.4, -0.2) is 134 Å². The van der Waals surface area contributed by atoms with Gasteiger partial charge in [0.05, 0.1) is 13.1 Å². The largest absolute Gasteiger partial charge is 0.500 e. The van der Waals surface area contributed by atoms with Crippen molar-refractivity contribution >= 4 is 29.0 Å². The van der Waals surface area contributed by atoms with Gasteiger partial charge in [-0.1, -0.05) is 48.6 Å². The summed E-state index contributed by atoms with van der Waals surface area (Å²) in [4.78, 5) is 14.8. The van der Waals surface area contributed by atoms with E-state index in [1.807, 2.05) is 0 Å². The van der Waals surface area contributed by atoms with Crippen LogP contribution in [0.1, 0.15) is 26.7 Å². The lowest BCUT2D eigenvalue weighted by atomic mass is 10.1. The Kier molecular flexibility index (Phi) is 18.6. The molecule has 0 aromatic heterocycles. The van der Waals surface area contributed by atoms with Crippen LogP contribution in [0.15, 0.2) is 58.6 Å². The summed E-state index contributed by atoms with van der Waals surface area (Å²) in [6.07, 6.45) is 19.0. The van der Waals surface area contributed by atoms with Crippen molar-refractivity contribution in [3.05, 3.63) is 48.6 Å². The summed E-state index contributed by atoms with van der Waals surface area (Å²) in [6.45, 7) is 11.2. The molecule has 10 nitrogen and oxygen atoms in total. The molecule has 2 aliphatic rings. The third kappa shape index (κ3) is 13.0. The number of allylic oxidation sites excluding steroid dienone is 8. The predicted octanol–water partition coefficient (Wildman–Crippen LogP) is 4.53. The molecule has 0 spiro atoms. The monoisotopic (exact) mass is 650 g/mol. The zero-order valence-corrected chi connectivity index (χ0v) is 30.5. The number of hydrogen-bond donors (Lipinski definition) is 0. The first-order valence-corrected chi connectivity index (χ1v) is 19.6. The maximum absolute atomic E-state index is 5.67. The summed E-state index contributed by atoms with van der Waals surface area (Å²) < 4.78 is 34.0. The molecule has 0 aromatic rings. The van der Waals surface area contributed by atoms with Crippen molar-refractivity contribution in [2.45, 2.75) is 38.8 Å². The van der Waals surface area contributed by atoms with Gasteiger partial charge < -0.3 is 36.4 Å². The Morgan fingerprint density at radius 1 is 0.523 bits per heavy atom. The fourth-order valence-electron chi connectivity index (χ4n) is 5.47. The van der Waals surface area contributed by atoms with Gasteiger partial charge in [-0.3, -0.25) is 9.98 Å². The van der Waals surface area contributed by atoms with Crippen molar-refractivity contribution in [2.24, 2.45) is 21.8 Å². The summed E-state index contributed by atoms with van der Waals surface area (Å²) in [5.41, 5.74) is 2.31. The molecule has 2 aliphatic carbocycles. The number of hydrogen-bond acceptors (Lipinski definition) is 10. The normalized spacial score (nSPS) is 16.6. The van der Waals surface area contributed by atoms with Gasteiger partial charge in [-0.2, -0.15) is 0 Å². The van der Waals surface area contributed by atoms with E-state index < -0.39 is 17.6 Å². The molecule has 44 heavy (non-hydrogen) atoms. The fourth-order valence-corrected chi connectivity index (χ4v) is 8.88. The molecule has 0 heterocycles. The Balaban J connectivity index is 2.06. The van der Waals surface area contributed by atoms with Crippen LogP contribution < -0.4 is 0 Å². The average molecular weight is 651 g/mol. The number of rotatable bonds is 25. The zero-order valence-electron chi connectivity index (χ0n) is 28.5. The summed E-state index contributed by atoms with van der Waals surface area (Å²) in [6, 6.07) is 1.54. The first-order valence-electron chi connectivity index (χ1n) is 15.8. The SMILES string of the molecule is CO[Si](CCCN(CCN=C(C)C1C=CC=C1)CCN(CCC[Si](OC)(OC)OC)CCN=C(C)C1C=CC=C1)(OC)OC. The van der Waals surface area contributed by atoms with Crippen LogP contribution in [0.3, 0.4) is 0 Å². The molecule has 0 radical (unpaired) electrons. The van der Waals surface area contributed by atoms with Crippen molar-refractivity contribution in [2.75, 3.05) is 95.0 Å². The Labute approximate surface area is 269 Å². The average Bonchev–Trinajstić information content (AvgIpc) is 3.79. The molecule has 0 fully saturated rings. The van der Waals surface area contributed by atoms with E-state index in [0.717, 1.165) is 88.7 Å². The van der Waals surface area contributed by atoms with Gasteiger partial charge in [-0.05, 0) is 39.8 Å². The highest BCUT2D eigenvalue weighted by Gasteiger charge is 2.38. The number of aliphatic imine (C=N–C) groups is 2. The van der Waals surface area contributed by atoms with Crippen molar-refractivity contribution in [1.29, 1.82) is 0 Å². The Hall–Kier alpha value is -1.59. The van der Waals surface area contributed by atoms with Crippen molar-refractivity contribution in [1.82, 2.24) is 9.80 Å². The minimum atomic E-state index is -2.62. The van der Waals surface area contributed by atoms with E-state index in [1.165, 1.54) is 0 Å². The van der Waals surface area contributed by atoms with Crippen molar-refractivity contribution < 1.29 is 26.6 Å². The van der Waals surface area contributed by atoms with Gasteiger partial charge in [0.1, 0.15) is 0 Å². The van der Waals surface area contributed by atoms with Gasteiger partial charge in [-0.15, -0.1) is 0 Å². The third-order valence-electron chi connectivity index (χ3n) is 8.53. The van der Waals surface area contributed by atoms with Crippen LogP contribution in [0, 0.1) is 11.8 Å². The van der Waals surface area contributed by atoms with E-state index in [2.05, 4.69) is 72.3 Å². The van der Waals surface area contributed by atoms with E-state index in [1.54, 1.807) is 42.7 Å². The predicted molar refractivity (Wildman–Crippen MR) is 185 cm³/mol. The zero-order chi connectivity index (χ0) is 32.3. The van der Waals surface area contributed by atoms with Gasteiger partial charge in [0.25, 0.3) is 0 Å². The van der Waals surface area contributed by atoms with Gasteiger partial charge in [0.2, 0.25) is 0 Å². The van der Waals surface area contributed by atoms with E-state index in [4.69, 9.17) is 36.5 Å². The highest BCUT2D eigenvalue weighted by atomic mass is 28.4. The van der Waals surface area contributed by atoms with Gasteiger partial charge in [0.15, 0.2) is 0 Å².